The number of sulfonamides is 1. The molecule has 0 atom stereocenters. The number of nitrogens with zero attached hydrogens (tertiary/aromatic N) is 1. The first-order chi connectivity index (χ1) is 12.0. The van der Waals surface area contributed by atoms with Gasteiger partial charge in [-0.1, -0.05) is 29.8 Å². The fraction of sp³-hybridized carbons (Fsp3) is 0.316. The summed E-state index contributed by atoms with van der Waals surface area (Å²) in [7, 11) is -3.23. The summed E-state index contributed by atoms with van der Waals surface area (Å²) in [5.74, 6) is 0.0145. The van der Waals surface area contributed by atoms with Gasteiger partial charge in [0.25, 0.3) is 5.91 Å². The molecule has 0 aromatic heterocycles. The predicted octanol–water partition coefficient (Wildman–Crippen LogP) is 2.86. The molecule has 1 saturated heterocycles. The minimum absolute atomic E-state index is 0.172. The number of carbonyl (C=O) groups excluding carboxylic acids is 1. The number of carbonyl (C=O) groups is 1. The van der Waals surface area contributed by atoms with Crippen LogP contribution in [0.4, 0.5) is 5.69 Å². The average molecular weight is 358 g/mol. The topological polar surface area (TPSA) is 66.5 Å². The molecule has 0 unspecified atom stereocenters. The van der Waals surface area contributed by atoms with Crippen LogP contribution in [0.5, 0.6) is 0 Å². The van der Waals surface area contributed by atoms with Gasteiger partial charge in [0.1, 0.15) is 0 Å². The monoisotopic (exact) mass is 358 g/mol. The number of amides is 1. The van der Waals surface area contributed by atoms with Crippen LogP contribution < -0.4 is 9.62 Å². The number of benzene rings is 2. The molecule has 1 aliphatic rings. The summed E-state index contributed by atoms with van der Waals surface area (Å²) >= 11 is 0. The molecule has 1 aliphatic heterocycles. The Morgan fingerprint density at radius 1 is 1.12 bits per heavy atom. The molecular weight excluding hydrogens is 336 g/mol. The molecule has 2 aromatic carbocycles. The van der Waals surface area contributed by atoms with E-state index >= 15 is 0 Å². The average Bonchev–Trinajstić information content (AvgIpc) is 2.60. The lowest BCUT2D eigenvalue weighted by Gasteiger charge is -2.28. The summed E-state index contributed by atoms with van der Waals surface area (Å²) in [6, 6.07) is 14.7. The van der Waals surface area contributed by atoms with E-state index < -0.39 is 10.0 Å². The van der Waals surface area contributed by atoms with E-state index in [0.717, 1.165) is 17.5 Å². The molecule has 1 amide bonds. The minimum Gasteiger partial charge on any atom is -0.348 e. The molecular formula is C19H22N2O3S. The van der Waals surface area contributed by atoms with Gasteiger partial charge in [-0.15, -0.1) is 0 Å². The van der Waals surface area contributed by atoms with Crippen molar-refractivity contribution in [2.45, 2.75) is 26.3 Å². The van der Waals surface area contributed by atoms with Crippen molar-refractivity contribution in [1.82, 2.24) is 5.32 Å². The maximum absolute atomic E-state index is 12.3. The molecule has 5 nitrogen and oxygen atoms in total. The molecule has 3 rings (SSSR count). The Balaban J connectivity index is 1.66. The third-order valence-corrected chi connectivity index (χ3v) is 6.17. The molecule has 0 radical (unpaired) electrons. The Morgan fingerprint density at radius 3 is 2.56 bits per heavy atom. The van der Waals surface area contributed by atoms with Gasteiger partial charge in [-0.3, -0.25) is 9.10 Å². The van der Waals surface area contributed by atoms with Gasteiger partial charge in [0, 0.05) is 18.7 Å². The fourth-order valence-corrected chi connectivity index (χ4v) is 4.60. The van der Waals surface area contributed by atoms with Crippen LogP contribution in [0.15, 0.2) is 48.5 Å². The lowest BCUT2D eigenvalue weighted by molar-refractivity contribution is 0.0951. The van der Waals surface area contributed by atoms with E-state index in [4.69, 9.17) is 0 Å². The van der Waals surface area contributed by atoms with Crippen LogP contribution in [0.25, 0.3) is 0 Å². The first kappa shape index (κ1) is 17.5. The molecule has 1 N–H and O–H groups in total. The van der Waals surface area contributed by atoms with Crippen molar-refractivity contribution in [3.63, 3.8) is 0 Å². The molecule has 0 bridgehead atoms. The van der Waals surface area contributed by atoms with Crippen molar-refractivity contribution in [2.24, 2.45) is 0 Å². The highest BCUT2D eigenvalue weighted by atomic mass is 32.2. The van der Waals surface area contributed by atoms with E-state index in [0.29, 0.717) is 30.8 Å². The standard InChI is InChI=1S/C19H22N2O3S/c1-15-5-4-6-16(13-15)14-20-19(22)17-7-9-18(10-8-17)21-11-2-3-12-25(21,23)24/h4-10,13H,2-3,11-12,14H2,1H3,(H,20,22). The Labute approximate surface area is 148 Å². The third kappa shape index (κ3) is 4.20. The summed E-state index contributed by atoms with van der Waals surface area (Å²) in [6.45, 7) is 2.97. The van der Waals surface area contributed by atoms with E-state index in [1.54, 1.807) is 24.3 Å². The Kier molecular flexibility index (Phi) is 5.08. The number of nitrogens with one attached hydrogen (secondary N) is 1. The predicted molar refractivity (Wildman–Crippen MR) is 99.2 cm³/mol. The van der Waals surface area contributed by atoms with Crippen LogP contribution in [0.1, 0.15) is 34.3 Å². The van der Waals surface area contributed by atoms with E-state index in [1.165, 1.54) is 4.31 Å². The van der Waals surface area contributed by atoms with Gasteiger partial charge in [0.15, 0.2) is 0 Å². The number of anilines is 1. The SMILES string of the molecule is Cc1cccc(CNC(=O)c2ccc(N3CCCCS3(=O)=O)cc2)c1. The summed E-state index contributed by atoms with van der Waals surface area (Å²) in [5, 5.41) is 2.89. The molecule has 0 aliphatic carbocycles. The number of rotatable bonds is 4. The molecule has 6 heteroatoms. The van der Waals surface area contributed by atoms with Gasteiger partial charge in [0.05, 0.1) is 11.4 Å². The molecule has 1 fully saturated rings. The maximum Gasteiger partial charge on any atom is 0.251 e. The van der Waals surface area contributed by atoms with E-state index in [9.17, 15) is 13.2 Å². The van der Waals surface area contributed by atoms with Crippen molar-refractivity contribution in [3.05, 3.63) is 65.2 Å². The second kappa shape index (κ2) is 7.27. The molecule has 2 aromatic rings. The smallest absolute Gasteiger partial charge is 0.251 e. The van der Waals surface area contributed by atoms with E-state index in [2.05, 4.69) is 5.32 Å². The summed E-state index contributed by atoms with van der Waals surface area (Å²) < 4.78 is 25.7. The lowest BCUT2D eigenvalue weighted by Crippen LogP contribution is -2.37. The highest BCUT2D eigenvalue weighted by Crippen LogP contribution is 2.23. The van der Waals surface area contributed by atoms with Crippen LogP contribution in [0, 0.1) is 6.92 Å². The van der Waals surface area contributed by atoms with Gasteiger partial charge < -0.3 is 5.32 Å². The minimum atomic E-state index is -3.23. The zero-order chi connectivity index (χ0) is 17.9. The van der Waals surface area contributed by atoms with Crippen LogP contribution >= 0.6 is 0 Å². The molecule has 25 heavy (non-hydrogen) atoms. The normalized spacial score (nSPS) is 16.4. The highest BCUT2D eigenvalue weighted by Gasteiger charge is 2.25. The largest absolute Gasteiger partial charge is 0.348 e. The van der Waals surface area contributed by atoms with Crippen LogP contribution in [0.2, 0.25) is 0 Å². The first-order valence-corrected chi connectivity index (χ1v) is 10.0. The van der Waals surface area contributed by atoms with Crippen molar-refractivity contribution < 1.29 is 13.2 Å². The molecule has 0 spiro atoms. The molecule has 0 saturated carbocycles. The number of hydrogen-bond donors (Lipinski definition) is 1. The van der Waals surface area contributed by atoms with E-state index in [-0.39, 0.29) is 11.7 Å². The Bertz CT molecular complexity index is 860. The summed E-state index contributed by atoms with van der Waals surface area (Å²) in [5.41, 5.74) is 3.34. The van der Waals surface area contributed by atoms with Crippen molar-refractivity contribution in [2.75, 3.05) is 16.6 Å². The number of hydrogen-bond acceptors (Lipinski definition) is 3. The summed E-state index contributed by atoms with van der Waals surface area (Å²) in [6.07, 6.45) is 1.57. The van der Waals surface area contributed by atoms with Crippen molar-refractivity contribution in [1.29, 1.82) is 0 Å². The Hall–Kier alpha value is -2.34. The second-order valence-corrected chi connectivity index (χ2v) is 8.33. The third-order valence-electron chi connectivity index (χ3n) is 4.30. The second-order valence-electron chi connectivity index (χ2n) is 6.31. The highest BCUT2D eigenvalue weighted by molar-refractivity contribution is 7.92. The van der Waals surface area contributed by atoms with Gasteiger partial charge in [-0.2, -0.15) is 0 Å². The van der Waals surface area contributed by atoms with E-state index in [1.807, 2.05) is 31.2 Å². The maximum atomic E-state index is 12.3. The van der Waals surface area contributed by atoms with Gasteiger partial charge in [0.2, 0.25) is 10.0 Å². The lowest BCUT2D eigenvalue weighted by atomic mass is 10.1. The molecule has 132 valence electrons. The van der Waals surface area contributed by atoms with Crippen LogP contribution in [0.3, 0.4) is 0 Å². The quantitative estimate of drug-likeness (QED) is 0.914. The van der Waals surface area contributed by atoms with Crippen LogP contribution in [-0.4, -0.2) is 26.6 Å². The van der Waals surface area contributed by atoms with Gasteiger partial charge in [-0.25, -0.2) is 8.42 Å². The van der Waals surface area contributed by atoms with Crippen molar-refractivity contribution in [3.8, 4) is 0 Å². The zero-order valence-electron chi connectivity index (χ0n) is 14.2. The fourth-order valence-electron chi connectivity index (χ4n) is 2.96. The van der Waals surface area contributed by atoms with Gasteiger partial charge in [-0.05, 0) is 49.6 Å². The Morgan fingerprint density at radius 2 is 1.88 bits per heavy atom. The van der Waals surface area contributed by atoms with Crippen LogP contribution in [-0.2, 0) is 16.6 Å². The zero-order valence-corrected chi connectivity index (χ0v) is 15.1. The van der Waals surface area contributed by atoms with Gasteiger partial charge >= 0.3 is 0 Å². The van der Waals surface area contributed by atoms with Crippen molar-refractivity contribution >= 4 is 21.6 Å². The first-order valence-electron chi connectivity index (χ1n) is 8.40. The summed E-state index contributed by atoms with van der Waals surface area (Å²) in [4.78, 5) is 12.3. The molecule has 1 heterocycles. The number of aryl methyl sites for hydroxylation is 1.